The molecule has 208 valence electrons. The van der Waals surface area contributed by atoms with Crippen molar-refractivity contribution in [3.63, 3.8) is 0 Å². The molecule has 2 aromatic carbocycles. The largest absolute Gasteiger partial charge is 0.544 e. The topological polar surface area (TPSA) is 34.1 Å². The molecule has 1 aliphatic heterocycles. The summed E-state index contributed by atoms with van der Waals surface area (Å²) in [5.41, 5.74) is 3.89. The first-order valence-electron chi connectivity index (χ1n) is 14.5. The molecular weight excluding hydrogens is 484 g/mol. The third-order valence-electron chi connectivity index (χ3n) is 8.11. The molecule has 0 aromatic heterocycles. The van der Waals surface area contributed by atoms with Crippen molar-refractivity contribution < 1.29 is 9.16 Å². The summed E-state index contributed by atoms with van der Waals surface area (Å²) in [7, 11) is -0.383. The SMILES string of the molecule is COC[C@@H](N=C(c1ccccc1)N1CCC=C(O[Si](C(C)C)(C(C)C)C(C)C)[C@H]1c1ccccc1)C(C)C. The Hall–Kier alpha value is -2.37. The average molecular weight is 535 g/mol. The number of aliphatic imine (C=N–C) groups is 1. The molecule has 1 aliphatic rings. The smallest absolute Gasteiger partial charge is 0.258 e. The van der Waals surface area contributed by atoms with Crippen LogP contribution in [0.3, 0.4) is 0 Å². The standard InChI is InChI=1S/C33H50N2O2Si/c1-24(2)30(23-36-9)34-33(29-19-14-11-15-20-29)35-22-16-21-31(32(35)28-17-12-10-13-18-28)37-38(25(3)4,26(5)6)27(7)8/h10-15,17-21,24-27,30,32H,16,22-23H2,1-9H3/t30-,32-/m1/s1. The predicted octanol–water partition coefficient (Wildman–Crippen LogP) is 8.63. The molecule has 0 spiro atoms. The Morgan fingerprint density at radius 3 is 1.92 bits per heavy atom. The van der Waals surface area contributed by atoms with E-state index in [-0.39, 0.29) is 12.1 Å². The Kier molecular flexibility index (Phi) is 10.8. The summed E-state index contributed by atoms with van der Waals surface area (Å²) in [6.07, 6.45) is 3.29. The van der Waals surface area contributed by atoms with Gasteiger partial charge >= 0.3 is 0 Å². The van der Waals surface area contributed by atoms with E-state index in [0.29, 0.717) is 29.1 Å². The van der Waals surface area contributed by atoms with Gasteiger partial charge in [-0.2, -0.15) is 0 Å². The van der Waals surface area contributed by atoms with Crippen LogP contribution in [-0.2, 0) is 9.16 Å². The molecule has 0 fully saturated rings. The number of hydrogen-bond acceptors (Lipinski definition) is 3. The lowest BCUT2D eigenvalue weighted by Crippen LogP contribution is -2.50. The first-order chi connectivity index (χ1) is 18.1. The maximum Gasteiger partial charge on any atom is 0.258 e. The molecule has 5 heteroatoms. The Bertz CT molecular complexity index is 1030. The van der Waals surface area contributed by atoms with Crippen LogP contribution in [0.5, 0.6) is 0 Å². The van der Waals surface area contributed by atoms with Gasteiger partial charge in [0.25, 0.3) is 8.32 Å². The molecule has 0 saturated heterocycles. The highest BCUT2D eigenvalue weighted by Crippen LogP contribution is 2.47. The molecule has 0 saturated carbocycles. The van der Waals surface area contributed by atoms with E-state index in [9.17, 15) is 0 Å². The summed E-state index contributed by atoms with van der Waals surface area (Å²) < 4.78 is 13.0. The fourth-order valence-corrected chi connectivity index (χ4v) is 11.5. The van der Waals surface area contributed by atoms with E-state index >= 15 is 0 Å². The molecule has 0 amide bonds. The van der Waals surface area contributed by atoms with E-state index in [1.54, 1.807) is 7.11 Å². The van der Waals surface area contributed by atoms with Crippen molar-refractivity contribution in [3.8, 4) is 0 Å². The van der Waals surface area contributed by atoms with Gasteiger partial charge in [-0.1, -0.05) is 116 Å². The molecule has 38 heavy (non-hydrogen) atoms. The van der Waals surface area contributed by atoms with E-state index in [1.165, 1.54) is 5.56 Å². The number of nitrogens with zero attached hydrogens (tertiary/aromatic N) is 2. The quantitative estimate of drug-likeness (QED) is 0.164. The van der Waals surface area contributed by atoms with Crippen LogP contribution in [0.4, 0.5) is 0 Å². The molecule has 1 heterocycles. The minimum Gasteiger partial charge on any atom is -0.544 e. The molecule has 2 atom stereocenters. The summed E-state index contributed by atoms with van der Waals surface area (Å²) in [4.78, 5) is 7.91. The lowest BCUT2D eigenvalue weighted by molar-refractivity contribution is 0.163. The summed E-state index contributed by atoms with van der Waals surface area (Å²) in [6.45, 7) is 20.1. The van der Waals surface area contributed by atoms with Crippen molar-refractivity contribution in [1.82, 2.24) is 4.90 Å². The Balaban J connectivity index is 2.20. The molecule has 3 rings (SSSR count). The number of amidine groups is 1. The van der Waals surface area contributed by atoms with Gasteiger partial charge in [0, 0.05) is 19.2 Å². The number of rotatable bonds is 11. The molecule has 0 bridgehead atoms. The maximum atomic E-state index is 7.43. The Morgan fingerprint density at radius 2 is 1.42 bits per heavy atom. The summed E-state index contributed by atoms with van der Waals surface area (Å²) in [5.74, 6) is 2.49. The second-order valence-corrected chi connectivity index (χ2v) is 17.3. The van der Waals surface area contributed by atoms with Gasteiger partial charge in [-0.3, -0.25) is 4.99 Å². The number of benzene rings is 2. The zero-order valence-electron chi connectivity index (χ0n) is 25.1. The number of methoxy groups -OCH3 is 1. The van der Waals surface area contributed by atoms with Gasteiger partial charge in [-0.15, -0.1) is 0 Å². The minimum atomic E-state index is -2.15. The zero-order chi connectivity index (χ0) is 27.9. The fourth-order valence-electron chi connectivity index (χ4n) is 6.21. The third-order valence-corrected chi connectivity index (χ3v) is 14.1. The van der Waals surface area contributed by atoms with Gasteiger partial charge in [0.2, 0.25) is 0 Å². The van der Waals surface area contributed by atoms with Gasteiger partial charge in [0.15, 0.2) is 0 Å². The Labute approximate surface area is 233 Å². The molecule has 0 unspecified atom stereocenters. The van der Waals surface area contributed by atoms with E-state index in [2.05, 4.69) is 127 Å². The second-order valence-electron chi connectivity index (χ2n) is 11.9. The van der Waals surface area contributed by atoms with Gasteiger partial charge in [-0.05, 0) is 40.6 Å². The van der Waals surface area contributed by atoms with Crippen molar-refractivity contribution in [1.29, 1.82) is 0 Å². The summed E-state index contributed by atoms with van der Waals surface area (Å²) in [6, 6.07) is 21.5. The van der Waals surface area contributed by atoms with E-state index in [1.807, 2.05) is 0 Å². The lowest BCUT2D eigenvalue weighted by atomic mass is 9.97. The number of ether oxygens (including phenoxy) is 1. The van der Waals surface area contributed by atoms with Crippen molar-refractivity contribution in [2.45, 2.75) is 90.5 Å². The lowest BCUT2D eigenvalue weighted by Gasteiger charge is -2.47. The van der Waals surface area contributed by atoms with Gasteiger partial charge in [0.1, 0.15) is 17.6 Å². The number of hydrogen-bond donors (Lipinski definition) is 0. The van der Waals surface area contributed by atoms with Crippen LogP contribution < -0.4 is 0 Å². The molecule has 0 N–H and O–H groups in total. The first-order valence-corrected chi connectivity index (χ1v) is 16.6. The average Bonchev–Trinajstić information content (AvgIpc) is 2.89. The van der Waals surface area contributed by atoms with Crippen LogP contribution >= 0.6 is 0 Å². The van der Waals surface area contributed by atoms with Crippen LogP contribution in [0.25, 0.3) is 0 Å². The monoisotopic (exact) mass is 534 g/mol. The van der Waals surface area contributed by atoms with Crippen molar-refractivity contribution in [2.24, 2.45) is 10.9 Å². The molecule has 2 aromatic rings. The highest BCUT2D eigenvalue weighted by atomic mass is 28.4. The summed E-state index contributed by atoms with van der Waals surface area (Å²) in [5, 5.41) is 0. The maximum absolute atomic E-state index is 7.43. The molecular formula is C33H50N2O2Si. The van der Waals surface area contributed by atoms with Gasteiger partial charge in [-0.25, -0.2) is 0 Å². The highest BCUT2D eigenvalue weighted by molar-refractivity contribution is 6.77. The van der Waals surface area contributed by atoms with E-state index in [0.717, 1.165) is 30.1 Å². The molecule has 4 nitrogen and oxygen atoms in total. The second kappa shape index (κ2) is 13.6. The Morgan fingerprint density at radius 1 is 0.868 bits per heavy atom. The van der Waals surface area contributed by atoms with E-state index in [4.69, 9.17) is 14.2 Å². The van der Waals surface area contributed by atoms with Gasteiger partial charge in [0.05, 0.1) is 12.6 Å². The molecule has 0 aliphatic carbocycles. The highest BCUT2D eigenvalue weighted by Gasteiger charge is 2.49. The van der Waals surface area contributed by atoms with Crippen LogP contribution in [-0.4, -0.2) is 45.4 Å². The fraction of sp³-hybridized carbons (Fsp3) is 0.545. The van der Waals surface area contributed by atoms with Crippen LogP contribution in [0, 0.1) is 5.92 Å². The van der Waals surface area contributed by atoms with Crippen LogP contribution in [0.1, 0.15) is 79.0 Å². The van der Waals surface area contributed by atoms with Crippen LogP contribution in [0.15, 0.2) is 77.5 Å². The summed E-state index contributed by atoms with van der Waals surface area (Å²) >= 11 is 0. The van der Waals surface area contributed by atoms with Crippen molar-refractivity contribution in [2.75, 3.05) is 20.3 Å². The minimum absolute atomic E-state index is 0.0256. The van der Waals surface area contributed by atoms with Crippen molar-refractivity contribution >= 4 is 14.2 Å². The predicted molar refractivity (Wildman–Crippen MR) is 164 cm³/mol. The third kappa shape index (κ3) is 6.60. The zero-order valence-corrected chi connectivity index (χ0v) is 26.1. The van der Waals surface area contributed by atoms with E-state index < -0.39 is 8.32 Å². The van der Waals surface area contributed by atoms with Crippen LogP contribution in [0.2, 0.25) is 16.6 Å². The first kappa shape index (κ1) is 30.2. The van der Waals surface area contributed by atoms with Crippen molar-refractivity contribution in [3.05, 3.63) is 83.6 Å². The molecule has 0 radical (unpaired) electrons. The van der Waals surface area contributed by atoms with Gasteiger partial charge < -0.3 is 14.1 Å². The normalized spacial score (nSPS) is 17.9.